The van der Waals surface area contributed by atoms with Crippen LogP contribution in [-0.2, 0) is 6.54 Å². The third-order valence-electron chi connectivity index (χ3n) is 3.92. The van der Waals surface area contributed by atoms with Crippen LogP contribution in [0, 0.1) is 13.8 Å². The molecule has 0 fully saturated rings. The van der Waals surface area contributed by atoms with E-state index in [1.807, 2.05) is 74.6 Å². The number of aryl methyl sites for hydroxylation is 2. The van der Waals surface area contributed by atoms with Crippen LogP contribution in [0.1, 0.15) is 27.2 Å². The zero-order valence-corrected chi connectivity index (χ0v) is 16.0. The minimum absolute atomic E-state index is 0.697. The molecule has 1 aromatic heterocycles. The predicted molar refractivity (Wildman–Crippen MR) is 113 cm³/mol. The van der Waals surface area contributed by atoms with E-state index < -0.39 is 0 Å². The molecule has 0 aliphatic heterocycles. The van der Waals surface area contributed by atoms with Gasteiger partial charge in [-0.15, -0.1) is 0 Å². The number of nitrogens with two attached hydrogens (primary N) is 1. The summed E-state index contributed by atoms with van der Waals surface area (Å²) in [5.74, 6) is 0.881. The van der Waals surface area contributed by atoms with Gasteiger partial charge in [0.05, 0.1) is 11.4 Å². The molecule has 140 valence electrons. The van der Waals surface area contributed by atoms with Crippen LogP contribution in [0.15, 0.2) is 60.7 Å². The van der Waals surface area contributed by atoms with Gasteiger partial charge in [-0.2, -0.15) is 0 Å². The van der Waals surface area contributed by atoms with Gasteiger partial charge < -0.3 is 16.4 Å². The lowest BCUT2D eigenvalue weighted by atomic mass is 10.1. The van der Waals surface area contributed by atoms with Gasteiger partial charge in [0.15, 0.2) is 0 Å². The smallest absolute Gasteiger partial charge is 0.150 e. The van der Waals surface area contributed by atoms with Crippen molar-refractivity contribution in [1.82, 2.24) is 4.98 Å². The first-order valence-electron chi connectivity index (χ1n) is 8.77. The molecular formula is C22H26N4O. The Morgan fingerprint density at radius 3 is 2.30 bits per heavy atom. The highest BCUT2D eigenvalue weighted by molar-refractivity contribution is 5.74. The van der Waals surface area contributed by atoms with E-state index in [2.05, 4.69) is 22.5 Å². The van der Waals surface area contributed by atoms with Crippen molar-refractivity contribution in [3.63, 3.8) is 0 Å². The van der Waals surface area contributed by atoms with Gasteiger partial charge in [0.1, 0.15) is 12.1 Å². The number of hydrogen-bond donors (Lipinski definition) is 3. The van der Waals surface area contributed by atoms with Gasteiger partial charge in [0.2, 0.25) is 0 Å². The third kappa shape index (κ3) is 6.47. The van der Waals surface area contributed by atoms with Crippen molar-refractivity contribution in [2.45, 2.75) is 20.4 Å². The van der Waals surface area contributed by atoms with E-state index in [9.17, 15) is 4.79 Å². The van der Waals surface area contributed by atoms with Gasteiger partial charge in [-0.1, -0.05) is 36.4 Å². The zero-order chi connectivity index (χ0) is 19.6. The van der Waals surface area contributed by atoms with Crippen LogP contribution < -0.4 is 16.4 Å². The third-order valence-corrected chi connectivity index (χ3v) is 3.92. The number of carbonyl (C=O) groups excluding carboxylic acids is 1. The van der Waals surface area contributed by atoms with Gasteiger partial charge in [-0.3, -0.25) is 4.79 Å². The molecule has 0 bridgehead atoms. The molecular weight excluding hydrogens is 336 g/mol. The maximum atomic E-state index is 10.5. The normalized spacial score (nSPS) is 9.74. The van der Waals surface area contributed by atoms with E-state index in [0.717, 1.165) is 34.7 Å². The second-order valence-corrected chi connectivity index (χ2v) is 6.22. The molecule has 3 aromatic rings. The Morgan fingerprint density at radius 2 is 1.74 bits per heavy atom. The number of nitrogens with zero attached hydrogens (tertiary/aromatic N) is 1. The molecule has 4 N–H and O–H groups in total. The summed E-state index contributed by atoms with van der Waals surface area (Å²) in [6.45, 7) is 4.74. The molecule has 0 amide bonds. The lowest BCUT2D eigenvalue weighted by Crippen LogP contribution is -2.02. The number of pyridine rings is 1. The number of para-hydroxylation sites is 2. The molecule has 2 aromatic carbocycles. The first-order valence-corrected chi connectivity index (χ1v) is 8.77. The fraction of sp³-hybridized carbons (Fsp3) is 0.182. The maximum Gasteiger partial charge on any atom is 0.150 e. The summed E-state index contributed by atoms with van der Waals surface area (Å²) in [5.41, 5.74) is 11.4. The Hall–Kier alpha value is -3.34. The Kier molecular flexibility index (Phi) is 7.37. The van der Waals surface area contributed by atoms with Gasteiger partial charge in [-0.05, 0) is 49.2 Å². The van der Waals surface area contributed by atoms with Crippen molar-refractivity contribution < 1.29 is 4.79 Å². The van der Waals surface area contributed by atoms with E-state index in [4.69, 9.17) is 5.73 Å². The van der Waals surface area contributed by atoms with Gasteiger partial charge in [0.25, 0.3) is 0 Å². The molecule has 0 aliphatic carbocycles. The van der Waals surface area contributed by atoms with Gasteiger partial charge >= 0.3 is 0 Å². The summed E-state index contributed by atoms with van der Waals surface area (Å²) in [4.78, 5) is 15.0. The summed E-state index contributed by atoms with van der Waals surface area (Å²) in [5, 5.41) is 6.25. The number of aldehydes is 1. The summed E-state index contributed by atoms with van der Waals surface area (Å²) in [6.07, 6.45) is 0.850. The van der Waals surface area contributed by atoms with Crippen molar-refractivity contribution in [2.75, 3.05) is 23.4 Å². The fourth-order valence-electron chi connectivity index (χ4n) is 2.56. The molecule has 0 atom stereocenters. The van der Waals surface area contributed by atoms with Crippen LogP contribution in [0.4, 0.5) is 17.2 Å². The van der Waals surface area contributed by atoms with Gasteiger partial charge in [-0.25, -0.2) is 4.98 Å². The number of carbonyl (C=O) groups is 1. The molecule has 0 aliphatic rings. The van der Waals surface area contributed by atoms with Crippen LogP contribution >= 0.6 is 0 Å². The van der Waals surface area contributed by atoms with E-state index in [-0.39, 0.29) is 0 Å². The Labute approximate surface area is 160 Å². The van der Waals surface area contributed by atoms with Crippen LogP contribution in [0.3, 0.4) is 0 Å². The standard InChI is InChI=1S/C15H16N2O.C7H10N2/c1-11-7-12(2)17-15(8-11)16-9-13-3-5-14(10-18)6-4-13;1-9-7-5-3-2-4-6(7)8/h3-8,10H,9H2,1-2H3,(H,16,17);2-5,9H,8H2,1H3. The van der Waals surface area contributed by atoms with Crippen LogP contribution in [-0.4, -0.2) is 18.3 Å². The molecule has 5 nitrogen and oxygen atoms in total. The number of aromatic nitrogens is 1. The fourth-order valence-corrected chi connectivity index (χ4v) is 2.56. The lowest BCUT2D eigenvalue weighted by molar-refractivity contribution is 0.112. The summed E-state index contributed by atoms with van der Waals surface area (Å²) in [7, 11) is 1.85. The summed E-state index contributed by atoms with van der Waals surface area (Å²) < 4.78 is 0. The molecule has 0 spiro atoms. The zero-order valence-electron chi connectivity index (χ0n) is 16.0. The SMILES string of the molecule is CNc1ccccc1N.Cc1cc(C)nc(NCc2ccc(C=O)cc2)c1. The predicted octanol–water partition coefficient (Wildman–Crippen LogP) is 4.43. The number of nitrogen functional groups attached to an aromatic ring is 1. The number of benzene rings is 2. The minimum Gasteiger partial charge on any atom is -0.397 e. The van der Waals surface area contributed by atoms with Crippen LogP contribution in [0.25, 0.3) is 0 Å². The van der Waals surface area contributed by atoms with E-state index in [1.165, 1.54) is 5.56 Å². The van der Waals surface area contributed by atoms with Crippen LogP contribution in [0.5, 0.6) is 0 Å². The summed E-state index contributed by atoms with van der Waals surface area (Å²) in [6, 6.07) is 19.3. The number of nitrogens with one attached hydrogen (secondary N) is 2. The molecule has 27 heavy (non-hydrogen) atoms. The highest BCUT2D eigenvalue weighted by atomic mass is 16.1. The second kappa shape index (κ2) is 9.97. The summed E-state index contributed by atoms with van der Waals surface area (Å²) >= 11 is 0. The second-order valence-electron chi connectivity index (χ2n) is 6.22. The monoisotopic (exact) mass is 362 g/mol. The molecule has 0 radical (unpaired) electrons. The van der Waals surface area contributed by atoms with E-state index in [0.29, 0.717) is 12.1 Å². The van der Waals surface area contributed by atoms with E-state index in [1.54, 1.807) is 0 Å². The van der Waals surface area contributed by atoms with Crippen molar-refractivity contribution in [3.8, 4) is 0 Å². The van der Waals surface area contributed by atoms with Crippen molar-refractivity contribution >= 4 is 23.5 Å². The van der Waals surface area contributed by atoms with E-state index >= 15 is 0 Å². The average molecular weight is 362 g/mol. The maximum absolute atomic E-state index is 10.5. The molecule has 3 rings (SSSR count). The first kappa shape index (κ1) is 20.0. The Balaban J connectivity index is 0.000000244. The topological polar surface area (TPSA) is 80.0 Å². The molecule has 0 unspecified atom stereocenters. The number of anilines is 3. The Morgan fingerprint density at radius 1 is 1.04 bits per heavy atom. The molecule has 1 heterocycles. The Bertz CT molecular complexity index is 855. The molecule has 0 saturated heterocycles. The quantitative estimate of drug-likeness (QED) is 0.462. The highest BCUT2D eigenvalue weighted by Gasteiger charge is 1.98. The lowest BCUT2D eigenvalue weighted by Gasteiger charge is -2.07. The first-order chi connectivity index (χ1) is 13.0. The average Bonchev–Trinajstić information content (AvgIpc) is 2.67. The van der Waals surface area contributed by atoms with Crippen molar-refractivity contribution in [1.29, 1.82) is 0 Å². The van der Waals surface area contributed by atoms with Gasteiger partial charge in [0, 0.05) is 24.8 Å². The number of hydrogen-bond acceptors (Lipinski definition) is 5. The molecule has 0 saturated carbocycles. The largest absolute Gasteiger partial charge is 0.397 e. The minimum atomic E-state index is 0.697. The number of rotatable bonds is 5. The molecule has 5 heteroatoms. The van der Waals surface area contributed by atoms with Crippen molar-refractivity contribution in [2.24, 2.45) is 0 Å². The van der Waals surface area contributed by atoms with Crippen molar-refractivity contribution in [3.05, 3.63) is 83.0 Å². The van der Waals surface area contributed by atoms with Crippen LogP contribution in [0.2, 0.25) is 0 Å². The highest BCUT2D eigenvalue weighted by Crippen LogP contribution is 2.14.